The van der Waals surface area contributed by atoms with Crippen molar-refractivity contribution in [2.75, 3.05) is 44.7 Å². The standard InChI is InChI=1S/C21H30N4O2/c1-3-10-22-20(26)21(27)23-15-19(25-11-5-4-6-12-25)16-7-8-18-17(14-16)9-13-24(18)2/h3,7-8,14,19H,1,4-6,9-13,15H2,2H3,(H,22,26)(H,23,27)/t19-/m1/s1. The van der Waals surface area contributed by atoms with Crippen LogP contribution in [0, 0.1) is 0 Å². The molecule has 1 saturated heterocycles. The fourth-order valence-corrected chi connectivity index (χ4v) is 4.00. The van der Waals surface area contributed by atoms with Gasteiger partial charge in [0, 0.05) is 32.4 Å². The van der Waals surface area contributed by atoms with Crippen LogP contribution >= 0.6 is 0 Å². The number of likely N-dealkylation sites (tertiary alicyclic amines) is 1. The fourth-order valence-electron chi connectivity index (χ4n) is 4.00. The van der Waals surface area contributed by atoms with Gasteiger partial charge in [-0.3, -0.25) is 14.5 Å². The minimum Gasteiger partial charge on any atom is -0.374 e. The number of benzene rings is 1. The number of fused-ring (bicyclic) bond motifs is 1. The van der Waals surface area contributed by atoms with Gasteiger partial charge < -0.3 is 15.5 Å². The largest absolute Gasteiger partial charge is 0.374 e. The van der Waals surface area contributed by atoms with E-state index in [4.69, 9.17) is 0 Å². The smallest absolute Gasteiger partial charge is 0.309 e. The van der Waals surface area contributed by atoms with Gasteiger partial charge in [-0.2, -0.15) is 0 Å². The summed E-state index contributed by atoms with van der Waals surface area (Å²) in [4.78, 5) is 28.7. The summed E-state index contributed by atoms with van der Waals surface area (Å²) in [5.74, 6) is -1.19. The third-order valence-electron chi connectivity index (χ3n) is 5.52. The van der Waals surface area contributed by atoms with E-state index in [1.165, 1.54) is 36.1 Å². The van der Waals surface area contributed by atoms with Gasteiger partial charge in [0.1, 0.15) is 0 Å². The molecule has 2 aliphatic rings. The molecule has 6 heteroatoms. The monoisotopic (exact) mass is 370 g/mol. The van der Waals surface area contributed by atoms with Crippen molar-refractivity contribution in [3.05, 3.63) is 42.0 Å². The van der Waals surface area contributed by atoms with Crippen molar-refractivity contribution >= 4 is 17.5 Å². The maximum absolute atomic E-state index is 12.1. The van der Waals surface area contributed by atoms with Gasteiger partial charge in [0.05, 0.1) is 6.04 Å². The van der Waals surface area contributed by atoms with Gasteiger partial charge in [-0.25, -0.2) is 0 Å². The number of carbonyl (C=O) groups excluding carboxylic acids is 2. The molecule has 1 fully saturated rings. The Morgan fingerprint density at radius 1 is 1.15 bits per heavy atom. The first kappa shape index (κ1) is 19.4. The second kappa shape index (κ2) is 9.04. The molecule has 0 radical (unpaired) electrons. The molecule has 1 aromatic rings. The van der Waals surface area contributed by atoms with Crippen LogP contribution in [0.2, 0.25) is 0 Å². The molecule has 2 N–H and O–H groups in total. The molecule has 0 saturated carbocycles. The van der Waals surface area contributed by atoms with Crippen LogP contribution in [0.4, 0.5) is 5.69 Å². The lowest BCUT2D eigenvalue weighted by Gasteiger charge is -2.35. The predicted molar refractivity (Wildman–Crippen MR) is 108 cm³/mol. The Balaban J connectivity index is 1.72. The quantitative estimate of drug-likeness (QED) is 0.590. The van der Waals surface area contributed by atoms with Crippen molar-refractivity contribution < 1.29 is 9.59 Å². The van der Waals surface area contributed by atoms with Gasteiger partial charge in [0.25, 0.3) is 0 Å². The number of nitrogens with one attached hydrogen (secondary N) is 2. The first-order valence-corrected chi connectivity index (χ1v) is 9.85. The van der Waals surface area contributed by atoms with E-state index in [0.29, 0.717) is 13.1 Å². The van der Waals surface area contributed by atoms with Crippen molar-refractivity contribution in [2.24, 2.45) is 0 Å². The van der Waals surface area contributed by atoms with E-state index >= 15 is 0 Å². The molecule has 0 bridgehead atoms. The molecule has 0 aliphatic carbocycles. The molecular formula is C21H30N4O2. The van der Waals surface area contributed by atoms with E-state index in [9.17, 15) is 9.59 Å². The van der Waals surface area contributed by atoms with Crippen LogP contribution in [0.1, 0.15) is 36.4 Å². The number of nitrogens with zero attached hydrogens (tertiary/aromatic N) is 2. The molecule has 3 rings (SSSR count). The third-order valence-corrected chi connectivity index (χ3v) is 5.52. The molecule has 1 atom stereocenters. The highest BCUT2D eigenvalue weighted by molar-refractivity contribution is 6.35. The summed E-state index contributed by atoms with van der Waals surface area (Å²) in [5, 5.41) is 5.35. The number of likely N-dealkylation sites (N-methyl/N-ethyl adjacent to an activating group) is 1. The first-order valence-electron chi connectivity index (χ1n) is 9.85. The number of hydrogen-bond acceptors (Lipinski definition) is 4. The summed E-state index contributed by atoms with van der Waals surface area (Å²) in [5.41, 5.74) is 3.88. The van der Waals surface area contributed by atoms with Gasteiger partial charge in [-0.15, -0.1) is 6.58 Å². The van der Waals surface area contributed by atoms with Gasteiger partial charge in [-0.1, -0.05) is 24.6 Å². The summed E-state index contributed by atoms with van der Waals surface area (Å²) in [6.07, 6.45) is 6.23. The molecule has 2 heterocycles. The van der Waals surface area contributed by atoms with Crippen molar-refractivity contribution in [1.29, 1.82) is 0 Å². The Labute approximate surface area is 161 Å². The van der Waals surface area contributed by atoms with Crippen LogP contribution < -0.4 is 15.5 Å². The lowest BCUT2D eigenvalue weighted by atomic mass is 9.98. The summed E-state index contributed by atoms with van der Waals surface area (Å²) in [6.45, 7) is 7.38. The zero-order chi connectivity index (χ0) is 19.2. The Hall–Kier alpha value is -2.34. The fraction of sp³-hybridized carbons (Fsp3) is 0.524. The molecule has 0 aromatic heterocycles. The van der Waals surface area contributed by atoms with E-state index < -0.39 is 11.8 Å². The predicted octanol–water partition coefficient (Wildman–Crippen LogP) is 1.62. The van der Waals surface area contributed by atoms with Crippen molar-refractivity contribution in [2.45, 2.75) is 31.7 Å². The molecular weight excluding hydrogens is 340 g/mol. The minimum absolute atomic E-state index is 0.0951. The number of piperidine rings is 1. The normalized spacial score (nSPS) is 17.9. The number of carbonyl (C=O) groups is 2. The van der Waals surface area contributed by atoms with Crippen molar-refractivity contribution in [3.63, 3.8) is 0 Å². The maximum atomic E-state index is 12.1. The molecule has 6 nitrogen and oxygen atoms in total. The van der Waals surface area contributed by atoms with Gasteiger partial charge >= 0.3 is 11.8 Å². The number of amides is 2. The summed E-state index contributed by atoms with van der Waals surface area (Å²) >= 11 is 0. The topological polar surface area (TPSA) is 64.7 Å². The number of hydrogen-bond donors (Lipinski definition) is 2. The Morgan fingerprint density at radius 3 is 2.63 bits per heavy atom. The zero-order valence-corrected chi connectivity index (χ0v) is 16.2. The second-order valence-electron chi connectivity index (χ2n) is 7.38. The second-order valence-corrected chi connectivity index (χ2v) is 7.38. The Morgan fingerprint density at radius 2 is 1.89 bits per heavy atom. The molecule has 27 heavy (non-hydrogen) atoms. The van der Waals surface area contributed by atoms with Gasteiger partial charge in [0.2, 0.25) is 0 Å². The SMILES string of the molecule is C=CCNC(=O)C(=O)NC[C@H](c1ccc2c(c1)CCN2C)N1CCCCC1. The van der Waals surface area contributed by atoms with Crippen molar-refractivity contribution in [1.82, 2.24) is 15.5 Å². The van der Waals surface area contributed by atoms with Crippen LogP contribution in [-0.2, 0) is 16.0 Å². The van der Waals surface area contributed by atoms with E-state index in [-0.39, 0.29) is 6.04 Å². The van der Waals surface area contributed by atoms with Crippen molar-refractivity contribution in [3.8, 4) is 0 Å². The minimum atomic E-state index is -0.608. The zero-order valence-electron chi connectivity index (χ0n) is 16.2. The molecule has 2 amide bonds. The number of anilines is 1. The highest BCUT2D eigenvalue weighted by Gasteiger charge is 2.26. The lowest BCUT2D eigenvalue weighted by molar-refractivity contribution is -0.139. The molecule has 0 unspecified atom stereocenters. The summed E-state index contributed by atoms with van der Waals surface area (Å²) in [6, 6.07) is 6.73. The van der Waals surface area contributed by atoms with E-state index in [2.05, 4.69) is 52.3 Å². The molecule has 146 valence electrons. The number of rotatable bonds is 6. The van der Waals surface area contributed by atoms with Crippen LogP contribution in [-0.4, -0.2) is 56.5 Å². The summed E-state index contributed by atoms with van der Waals surface area (Å²) < 4.78 is 0. The maximum Gasteiger partial charge on any atom is 0.309 e. The first-order chi connectivity index (χ1) is 13.1. The van der Waals surface area contributed by atoms with Gasteiger partial charge in [-0.05, 0) is 49.5 Å². The average Bonchev–Trinajstić information content (AvgIpc) is 3.07. The molecule has 1 aromatic carbocycles. The van der Waals surface area contributed by atoms with Crippen LogP contribution in [0.3, 0.4) is 0 Å². The summed E-state index contributed by atoms with van der Waals surface area (Å²) in [7, 11) is 2.12. The molecule has 0 spiro atoms. The van der Waals surface area contributed by atoms with Crippen LogP contribution in [0.15, 0.2) is 30.9 Å². The average molecular weight is 370 g/mol. The van der Waals surface area contributed by atoms with Crippen LogP contribution in [0.25, 0.3) is 0 Å². The molecule has 2 aliphatic heterocycles. The van der Waals surface area contributed by atoms with Crippen LogP contribution in [0.5, 0.6) is 0 Å². The Bertz CT molecular complexity index is 697. The van der Waals surface area contributed by atoms with E-state index in [1.807, 2.05) is 0 Å². The lowest BCUT2D eigenvalue weighted by Crippen LogP contribution is -2.45. The highest BCUT2D eigenvalue weighted by Crippen LogP contribution is 2.32. The third kappa shape index (κ3) is 4.69. The highest BCUT2D eigenvalue weighted by atomic mass is 16.2. The van der Waals surface area contributed by atoms with E-state index in [0.717, 1.165) is 26.1 Å². The Kier molecular flexibility index (Phi) is 6.50. The van der Waals surface area contributed by atoms with E-state index in [1.54, 1.807) is 6.08 Å². The van der Waals surface area contributed by atoms with Gasteiger partial charge in [0.15, 0.2) is 0 Å².